The van der Waals surface area contributed by atoms with E-state index < -0.39 is 0 Å². The fourth-order valence-electron chi connectivity index (χ4n) is 3.51. The van der Waals surface area contributed by atoms with E-state index in [0.717, 1.165) is 5.52 Å². The Bertz CT molecular complexity index is 1460. The van der Waals surface area contributed by atoms with Crippen LogP contribution in [0.5, 0.6) is 5.75 Å². The van der Waals surface area contributed by atoms with Gasteiger partial charge in [0.1, 0.15) is 5.75 Å². The number of fused-ring (bicyclic) bond motifs is 5. The van der Waals surface area contributed by atoms with Gasteiger partial charge in [-0.2, -0.15) is 0 Å². The average molecular weight is 343 g/mol. The van der Waals surface area contributed by atoms with Crippen LogP contribution < -0.4 is 15.6 Å². The van der Waals surface area contributed by atoms with Crippen LogP contribution in [0.15, 0.2) is 68.6 Å². The summed E-state index contributed by atoms with van der Waals surface area (Å²) in [6.45, 7) is 0. The minimum absolute atomic E-state index is 0.221. The summed E-state index contributed by atoms with van der Waals surface area (Å²) in [7, 11) is 1.48. The van der Waals surface area contributed by atoms with Crippen molar-refractivity contribution in [3.05, 3.63) is 75.0 Å². The lowest BCUT2D eigenvalue weighted by atomic mass is 10.0. The molecule has 5 nitrogen and oxygen atoms in total. The summed E-state index contributed by atoms with van der Waals surface area (Å²) in [5, 5.41) is 1.34. The first-order chi connectivity index (χ1) is 12.7. The number of aromatic nitrogens is 1. The van der Waals surface area contributed by atoms with Crippen molar-refractivity contribution in [2.24, 2.45) is 0 Å². The van der Waals surface area contributed by atoms with Gasteiger partial charge in [-0.25, -0.2) is 0 Å². The monoisotopic (exact) mass is 343 g/mol. The number of benzene rings is 4. The fourth-order valence-corrected chi connectivity index (χ4v) is 3.51. The quantitative estimate of drug-likeness (QED) is 0.369. The molecular formula is C21H13NO4. The zero-order chi connectivity index (χ0) is 17.8. The van der Waals surface area contributed by atoms with Crippen molar-refractivity contribution >= 4 is 43.7 Å². The summed E-state index contributed by atoms with van der Waals surface area (Å²) in [6, 6.07) is 15.9. The van der Waals surface area contributed by atoms with E-state index in [1.54, 1.807) is 30.3 Å². The molecule has 0 aliphatic carbocycles. The first-order valence-corrected chi connectivity index (χ1v) is 8.16. The number of methoxy groups -OCH3 is 1. The number of rotatable bonds is 1. The second-order valence-electron chi connectivity index (χ2n) is 6.13. The second kappa shape index (κ2) is 5.20. The zero-order valence-electron chi connectivity index (χ0n) is 13.8. The summed E-state index contributed by atoms with van der Waals surface area (Å²) in [5.74, 6) is 0.327. The average Bonchev–Trinajstić information content (AvgIpc) is 2.69. The van der Waals surface area contributed by atoms with Crippen molar-refractivity contribution in [1.29, 1.82) is 0 Å². The van der Waals surface area contributed by atoms with Crippen LogP contribution >= 0.6 is 0 Å². The molecule has 0 aliphatic heterocycles. The van der Waals surface area contributed by atoms with Crippen molar-refractivity contribution < 1.29 is 9.15 Å². The maximum atomic E-state index is 13.2. The van der Waals surface area contributed by atoms with E-state index in [4.69, 9.17) is 9.15 Å². The minimum atomic E-state index is -0.226. The third-order valence-corrected chi connectivity index (χ3v) is 4.71. The Balaban J connectivity index is 2.16. The van der Waals surface area contributed by atoms with Crippen LogP contribution in [0.4, 0.5) is 0 Å². The van der Waals surface area contributed by atoms with E-state index in [-0.39, 0.29) is 21.6 Å². The summed E-state index contributed by atoms with van der Waals surface area (Å²) in [6.07, 6.45) is 0. The highest BCUT2D eigenvalue weighted by Crippen LogP contribution is 2.31. The molecule has 1 N–H and O–H groups in total. The Kier molecular flexibility index (Phi) is 2.94. The molecular weight excluding hydrogens is 330 g/mol. The minimum Gasteiger partial charge on any atom is -0.496 e. The van der Waals surface area contributed by atoms with Crippen LogP contribution in [-0.4, -0.2) is 12.1 Å². The number of aromatic amines is 1. The molecule has 0 radical (unpaired) electrons. The van der Waals surface area contributed by atoms with Gasteiger partial charge in [-0.1, -0.05) is 36.4 Å². The Hall–Kier alpha value is -3.60. The number of ether oxygens (including phenoxy) is 1. The smallest absolute Gasteiger partial charge is 0.198 e. The van der Waals surface area contributed by atoms with E-state index in [1.807, 2.05) is 24.3 Å². The molecule has 1 heterocycles. The Morgan fingerprint density at radius 1 is 0.846 bits per heavy atom. The first kappa shape index (κ1) is 14.7. The molecule has 0 spiro atoms. The third-order valence-electron chi connectivity index (χ3n) is 4.71. The highest BCUT2D eigenvalue weighted by atomic mass is 16.5. The van der Waals surface area contributed by atoms with Crippen LogP contribution in [0.3, 0.4) is 0 Å². The van der Waals surface area contributed by atoms with Gasteiger partial charge in [0.2, 0.25) is 0 Å². The maximum Gasteiger partial charge on any atom is 0.198 e. The number of hydrogen-bond acceptors (Lipinski definition) is 4. The molecule has 26 heavy (non-hydrogen) atoms. The molecule has 0 bridgehead atoms. The van der Waals surface area contributed by atoms with E-state index >= 15 is 0 Å². The molecule has 5 rings (SSSR count). The van der Waals surface area contributed by atoms with Gasteiger partial charge in [-0.05, 0) is 12.1 Å². The lowest BCUT2D eigenvalue weighted by Crippen LogP contribution is -2.14. The summed E-state index contributed by atoms with van der Waals surface area (Å²) < 4.78 is 11.4. The van der Waals surface area contributed by atoms with Crippen molar-refractivity contribution in [2.45, 2.75) is 0 Å². The Morgan fingerprint density at radius 2 is 1.50 bits per heavy atom. The number of hydrogen-bond donors (Lipinski definition) is 1. The van der Waals surface area contributed by atoms with E-state index in [9.17, 15) is 9.59 Å². The standard InChI is InChI=1S/C21H13NO4/c1-25-15-10-16-19(22-13-8-4-5-9-14(13)26-16)18-17(15)20(23)11-6-2-3-7-12(11)21(18)24/h2-10,22H,1H3. The largest absolute Gasteiger partial charge is 0.496 e. The number of para-hydroxylation sites is 2. The molecule has 5 aromatic rings. The molecule has 0 unspecified atom stereocenters. The summed E-state index contributed by atoms with van der Waals surface area (Å²) >= 11 is 0. The van der Waals surface area contributed by atoms with Gasteiger partial charge in [-0.3, -0.25) is 9.59 Å². The van der Waals surface area contributed by atoms with Gasteiger partial charge in [-0.15, -0.1) is 0 Å². The second-order valence-corrected chi connectivity index (χ2v) is 6.13. The van der Waals surface area contributed by atoms with Crippen LogP contribution in [0.25, 0.3) is 43.7 Å². The van der Waals surface area contributed by atoms with E-state index in [0.29, 0.717) is 33.2 Å². The Morgan fingerprint density at radius 3 is 2.23 bits per heavy atom. The van der Waals surface area contributed by atoms with Crippen molar-refractivity contribution in [2.75, 3.05) is 7.11 Å². The maximum absolute atomic E-state index is 13.2. The highest BCUT2D eigenvalue weighted by Gasteiger charge is 2.19. The van der Waals surface area contributed by atoms with Gasteiger partial charge in [0.25, 0.3) is 0 Å². The van der Waals surface area contributed by atoms with Crippen LogP contribution in [0.1, 0.15) is 0 Å². The van der Waals surface area contributed by atoms with Gasteiger partial charge >= 0.3 is 0 Å². The summed E-state index contributed by atoms with van der Waals surface area (Å²) in [5.41, 5.74) is 1.90. The molecule has 0 saturated heterocycles. The third kappa shape index (κ3) is 1.85. The molecule has 0 aliphatic rings. The van der Waals surface area contributed by atoms with Gasteiger partial charge in [0, 0.05) is 16.8 Å². The summed E-state index contributed by atoms with van der Waals surface area (Å²) in [4.78, 5) is 29.5. The van der Waals surface area contributed by atoms with E-state index in [2.05, 4.69) is 4.98 Å². The lowest BCUT2D eigenvalue weighted by molar-refractivity contribution is 0.419. The predicted molar refractivity (Wildman–Crippen MR) is 102 cm³/mol. The molecule has 0 atom stereocenters. The fraction of sp³-hybridized carbons (Fsp3) is 0.0476. The van der Waals surface area contributed by atoms with E-state index in [1.165, 1.54) is 7.11 Å². The topological polar surface area (TPSA) is 72.3 Å². The van der Waals surface area contributed by atoms with Crippen LogP contribution in [0.2, 0.25) is 0 Å². The lowest BCUT2D eigenvalue weighted by Gasteiger charge is -2.10. The zero-order valence-corrected chi connectivity index (χ0v) is 13.8. The first-order valence-electron chi connectivity index (χ1n) is 8.16. The molecule has 126 valence electrons. The SMILES string of the molecule is COc1cc2oc3ccccc3[nH]c2c2c(=O)c3ccccc3c(=O)c12. The van der Waals surface area contributed by atoms with Gasteiger partial charge in [0.05, 0.1) is 28.9 Å². The van der Waals surface area contributed by atoms with Crippen molar-refractivity contribution in [3.63, 3.8) is 0 Å². The molecule has 0 amide bonds. The number of H-pyrrole nitrogens is 1. The van der Waals surface area contributed by atoms with Gasteiger partial charge in [0.15, 0.2) is 22.0 Å². The Labute approximate surface area is 146 Å². The van der Waals surface area contributed by atoms with Crippen molar-refractivity contribution in [1.82, 2.24) is 4.98 Å². The number of nitrogens with one attached hydrogen (secondary N) is 1. The van der Waals surface area contributed by atoms with Gasteiger partial charge < -0.3 is 14.1 Å². The normalized spacial score (nSPS) is 11.6. The predicted octanol–water partition coefficient (Wildman–Crippen LogP) is 3.95. The van der Waals surface area contributed by atoms with Crippen LogP contribution in [-0.2, 0) is 0 Å². The molecule has 0 fully saturated rings. The highest BCUT2D eigenvalue weighted by molar-refractivity contribution is 6.12. The van der Waals surface area contributed by atoms with Crippen molar-refractivity contribution in [3.8, 4) is 5.75 Å². The van der Waals surface area contributed by atoms with Crippen LogP contribution in [0, 0.1) is 0 Å². The molecule has 4 aromatic carbocycles. The molecule has 0 saturated carbocycles. The molecule has 1 aromatic heterocycles. The molecule has 5 heteroatoms.